The van der Waals surface area contributed by atoms with Crippen molar-refractivity contribution in [2.45, 2.75) is 32.9 Å². The van der Waals surface area contributed by atoms with Crippen LogP contribution in [0.2, 0.25) is 0 Å². The number of carbonyl (C=O) groups excluding carboxylic acids is 3. The maximum absolute atomic E-state index is 12.3. The molecule has 162 valence electrons. The zero-order valence-electron chi connectivity index (χ0n) is 17.8. The standard InChI is InChI=1S/C20H27N5O5/c1-20(2,3)30-19(28)24(4)11-15(26)23-18-16(17(21)27)25(12-22-18)10-13-7-6-8-14(9-13)29-5/h6-9,12H,10-11H2,1-5H3,(H2,21,27)(H,23,26). The molecule has 1 aromatic carbocycles. The SMILES string of the molecule is COc1cccc(Cn2cnc(NC(=O)CN(C)C(=O)OC(C)(C)C)c2C(N)=O)c1. The Morgan fingerprint density at radius 2 is 1.97 bits per heavy atom. The molecule has 0 radical (unpaired) electrons. The van der Waals surface area contributed by atoms with Crippen LogP contribution in [0.1, 0.15) is 36.8 Å². The van der Waals surface area contributed by atoms with Crippen LogP contribution in [-0.2, 0) is 16.1 Å². The first kappa shape index (κ1) is 22.7. The summed E-state index contributed by atoms with van der Waals surface area (Å²) in [5, 5.41) is 2.52. The predicted octanol–water partition coefficient (Wildman–Crippen LogP) is 1.84. The molecule has 0 fully saturated rings. The number of imidazole rings is 1. The topological polar surface area (TPSA) is 129 Å². The zero-order chi connectivity index (χ0) is 22.5. The molecule has 0 unspecified atom stereocenters. The number of nitrogens with two attached hydrogens (primary N) is 1. The van der Waals surface area contributed by atoms with Crippen molar-refractivity contribution in [1.82, 2.24) is 14.5 Å². The van der Waals surface area contributed by atoms with Crippen molar-refractivity contribution >= 4 is 23.7 Å². The van der Waals surface area contributed by atoms with Gasteiger partial charge in [0.25, 0.3) is 5.91 Å². The molecule has 3 amide bonds. The lowest BCUT2D eigenvalue weighted by Gasteiger charge is -2.24. The number of likely N-dealkylation sites (N-methyl/N-ethyl adjacent to an activating group) is 1. The van der Waals surface area contributed by atoms with Gasteiger partial charge in [0.05, 0.1) is 13.4 Å². The first-order valence-electron chi connectivity index (χ1n) is 9.22. The second kappa shape index (κ2) is 9.29. The Morgan fingerprint density at radius 1 is 1.27 bits per heavy atom. The number of amides is 3. The molecule has 3 N–H and O–H groups in total. The molecule has 30 heavy (non-hydrogen) atoms. The van der Waals surface area contributed by atoms with Crippen LogP contribution >= 0.6 is 0 Å². The van der Waals surface area contributed by atoms with Crippen molar-refractivity contribution in [2.75, 3.05) is 26.0 Å². The molecule has 10 nitrogen and oxygen atoms in total. The molecule has 1 aromatic heterocycles. The highest BCUT2D eigenvalue weighted by molar-refractivity contribution is 6.01. The molecular weight excluding hydrogens is 390 g/mol. The van der Waals surface area contributed by atoms with E-state index in [1.54, 1.807) is 33.9 Å². The lowest BCUT2D eigenvalue weighted by atomic mass is 10.2. The largest absolute Gasteiger partial charge is 0.497 e. The number of hydrogen-bond donors (Lipinski definition) is 2. The third-order valence-electron chi connectivity index (χ3n) is 3.90. The van der Waals surface area contributed by atoms with Crippen LogP contribution in [0.4, 0.5) is 10.6 Å². The Balaban J connectivity index is 2.11. The van der Waals surface area contributed by atoms with Crippen molar-refractivity contribution in [3.63, 3.8) is 0 Å². The third-order valence-corrected chi connectivity index (χ3v) is 3.90. The number of rotatable bonds is 7. The maximum Gasteiger partial charge on any atom is 0.410 e. The van der Waals surface area contributed by atoms with E-state index in [0.29, 0.717) is 12.3 Å². The van der Waals surface area contributed by atoms with Gasteiger partial charge in [0, 0.05) is 13.6 Å². The van der Waals surface area contributed by atoms with Crippen LogP contribution in [0.15, 0.2) is 30.6 Å². The molecule has 1 heterocycles. The van der Waals surface area contributed by atoms with Crippen molar-refractivity contribution in [2.24, 2.45) is 5.73 Å². The van der Waals surface area contributed by atoms with E-state index in [4.69, 9.17) is 15.2 Å². The van der Waals surface area contributed by atoms with Gasteiger partial charge in [-0.15, -0.1) is 0 Å². The van der Waals surface area contributed by atoms with Gasteiger partial charge in [0.15, 0.2) is 11.5 Å². The molecule has 2 rings (SSSR count). The van der Waals surface area contributed by atoms with E-state index in [1.807, 2.05) is 18.2 Å². The highest BCUT2D eigenvalue weighted by Gasteiger charge is 2.23. The third kappa shape index (κ3) is 6.23. The molecule has 0 aliphatic heterocycles. The fourth-order valence-electron chi connectivity index (χ4n) is 2.61. The second-order valence-electron chi connectivity index (χ2n) is 7.67. The van der Waals surface area contributed by atoms with Gasteiger partial charge in [-0.25, -0.2) is 9.78 Å². The van der Waals surface area contributed by atoms with E-state index in [0.717, 1.165) is 10.5 Å². The molecule has 0 bridgehead atoms. The van der Waals surface area contributed by atoms with Crippen LogP contribution in [0.25, 0.3) is 0 Å². The molecule has 0 saturated heterocycles. The zero-order valence-corrected chi connectivity index (χ0v) is 17.8. The number of benzene rings is 1. The number of hydrogen-bond acceptors (Lipinski definition) is 6. The molecule has 0 aliphatic carbocycles. The van der Waals surface area contributed by atoms with Gasteiger partial charge in [-0.3, -0.25) is 9.59 Å². The molecule has 2 aromatic rings. The lowest BCUT2D eigenvalue weighted by Crippen LogP contribution is -2.39. The first-order chi connectivity index (χ1) is 14.0. The van der Waals surface area contributed by atoms with E-state index in [2.05, 4.69) is 10.3 Å². The molecule has 0 spiro atoms. The fraction of sp³-hybridized carbons (Fsp3) is 0.400. The normalized spacial score (nSPS) is 11.0. The van der Waals surface area contributed by atoms with Crippen molar-refractivity contribution in [3.05, 3.63) is 41.9 Å². The van der Waals surface area contributed by atoms with Gasteiger partial charge in [-0.1, -0.05) is 12.1 Å². The van der Waals surface area contributed by atoms with E-state index < -0.39 is 23.5 Å². The Bertz CT molecular complexity index is 932. The lowest BCUT2D eigenvalue weighted by molar-refractivity contribution is -0.117. The molecular formula is C20H27N5O5. The van der Waals surface area contributed by atoms with Gasteiger partial charge >= 0.3 is 6.09 Å². The highest BCUT2D eigenvalue weighted by Crippen LogP contribution is 2.18. The minimum atomic E-state index is -0.744. The monoisotopic (exact) mass is 417 g/mol. The van der Waals surface area contributed by atoms with E-state index in [1.165, 1.54) is 17.9 Å². The maximum atomic E-state index is 12.3. The summed E-state index contributed by atoms with van der Waals surface area (Å²) < 4.78 is 11.9. The number of nitrogens with one attached hydrogen (secondary N) is 1. The number of aromatic nitrogens is 2. The number of nitrogens with zero attached hydrogens (tertiary/aromatic N) is 3. The Labute approximate surface area is 175 Å². The molecule has 0 atom stereocenters. The average Bonchev–Trinajstić information content (AvgIpc) is 3.02. The van der Waals surface area contributed by atoms with Crippen molar-refractivity contribution < 1.29 is 23.9 Å². The summed E-state index contributed by atoms with van der Waals surface area (Å²) in [6.07, 6.45) is 0.767. The highest BCUT2D eigenvalue weighted by atomic mass is 16.6. The van der Waals surface area contributed by atoms with Crippen molar-refractivity contribution in [1.29, 1.82) is 0 Å². The number of ether oxygens (including phenoxy) is 2. The molecule has 0 aliphatic rings. The Kier molecular flexibility index (Phi) is 7.04. The van der Waals surface area contributed by atoms with E-state index in [9.17, 15) is 14.4 Å². The summed E-state index contributed by atoms with van der Waals surface area (Å²) in [4.78, 5) is 41.5. The van der Waals surface area contributed by atoms with Crippen molar-refractivity contribution in [3.8, 4) is 5.75 Å². The first-order valence-corrected chi connectivity index (χ1v) is 9.22. The van der Waals surface area contributed by atoms with E-state index in [-0.39, 0.29) is 18.1 Å². The Morgan fingerprint density at radius 3 is 2.57 bits per heavy atom. The van der Waals surface area contributed by atoms with Crippen LogP contribution in [-0.4, -0.2) is 58.7 Å². The van der Waals surface area contributed by atoms with Crippen LogP contribution in [0.5, 0.6) is 5.75 Å². The van der Waals surface area contributed by atoms with Crippen LogP contribution in [0, 0.1) is 0 Å². The van der Waals surface area contributed by atoms with Gasteiger partial charge in [0.2, 0.25) is 5.91 Å². The summed E-state index contributed by atoms with van der Waals surface area (Å²) in [7, 11) is 3.00. The minimum absolute atomic E-state index is 0.0213. The smallest absolute Gasteiger partial charge is 0.410 e. The average molecular weight is 417 g/mol. The van der Waals surface area contributed by atoms with Gasteiger partial charge < -0.3 is 30.0 Å². The van der Waals surface area contributed by atoms with Gasteiger partial charge in [-0.05, 0) is 38.5 Å². The fourth-order valence-corrected chi connectivity index (χ4v) is 2.61. The summed E-state index contributed by atoms with van der Waals surface area (Å²) in [6.45, 7) is 5.21. The summed E-state index contributed by atoms with van der Waals surface area (Å²) in [6, 6.07) is 7.31. The summed E-state index contributed by atoms with van der Waals surface area (Å²) >= 11 is 0. The number of anilines is 1. The summed E-state index contributed by atoms with van der Waals surface area (Å²) in [5.74, 6) is -0.594. The quantitative estimate of drug-likeness (QED) is 0.707. The predicted molar refractivity (Wildman–Crippen MR) is 110 cm³/mol. The van der Waals surface area contributed by atoms with Gasteiger partial charge in [-0.2, -0.15) is 0 Å². The number of methoxy groups -OCH3 is 1. The minimum Gasteiger partial charge on any atom is -0.497 e. The molecule has 0 saturated carbocycles. The van der Waals surface area contributed by atoms with Crippen LogP contribution < -0.4 is 15.8 Å². The molecule has 10 heteroatoms. The van der Waals surface area contributed by atoms with Crippen LogP contribution in [0.3, 0.4) is 0 Å². The Hall–Kier alpha value is -3.56. The second-order valence-corrected chi connectivity index (χ2v) is 7.67. The van der Waals surface area contributed by atoms with E-state index >= 15 is 0 Å². The summed E-state index contributed by atoms with van der Waals surface area (Å²) in [5.41, 5.74) is 5.73. The number of carbonyl (C=O) groups is 3. The number of primary amides is 1. The van der Waals surface area contributed by atoms with Gasteiger partial charge in [0.1, 0.15) is 17.9 Å².